The molecule has 0 aromatic heterocycles. The summed E-state index contributed by atoms with van der Waals surface area (Å²) >= 11 is 0. The van der Waals surface area contributed by atoms with Gasteiger partial charge in [0.25, 0.3) is 0 Å². The summed E-state index contributed by atoms with van der Waals surface area (Å²) in [5.41, 5.74) is 2.45. The predicted octanol–water partition coefficient (Wildman–Crippen LogP) is 6.08. The zero-order valence-corrected chi connectivity index (χ0v) is 24.6. The van der Waals surface area contributed by atoms with Crippen LogP contribution in [0.2, 0.25) is 0 Å². The van der Waals surface area contributed by atoms with Crippen molar-refractivity contribution in [1.82, 2.24) is 9.80 Å². The molecule has 2 aliphatic heterocycles. The number of nitrogens with zero attached hydrogens (tertiary/aromatic N) is 2. The molecule has 0 spiro atoms. The zero-order valence-electron chi connectivity index (χ0n) is 24.6. The Labute approximate surface area is 245 Å². The lowest BCUT2D eigenvalue weighted by molar-refractivity contribution is -0.135. The van der Waals surface area contributed by atoms with Crippen LogP contribution in [-0.4, -0.2) is 52.9 Å². The highest BCUT2D eigenvalue weighted by Gasteiger charge is 2.42. The molecule has 0 radical (unpaired) electrons. The minimum absolute atomic E-state index is 0.0384. The molecule has 2 heterocycles. The van der Waals surface area contributed by atoms with Crippen molar-refractivity contribution in [2.75, 3.05) is 26.2 Å². The second kappa shape index (κ2) is 12.6. The number of hydrogen-bond acceptors (Lipinski definition) is 3. The molecule has 0 atom stereocenters. The monoisotopic (exact) mass is 552 g/mol. The van der Waals surface area contributed by atoms with Crippen LogP contribution in [-0.2, 0) is 27.0 Å². The van der Waals surface area contributed by atoms with E-state index in [0.29, 0.717) is 19.5 Å². The topological polar surface area (TPSA) is 60.9 Å². The van der Waals surface area contributed by atoms with E-state index in [4.69, 9.17) is 0 Å². The SMILES string of the molecule is CC(C)(C(=O)N1CCCC1)c1ccc(CCCC(=O)N2CCC(C(O)(c3ccccc3)c3ccccc3)CC2)cc1. The Morgan fingerprint density at radius 1 is 0.732 bits per heavy atom. The van der Waals surface area contributed by atoms with Crippen LogP contribution in [0.1, 0.15) is 74.6 Å². The molecule has 3 aromatic rings. The van der Waals surface area contributed by atoms with Crippen LogP contribution < -0.4 is 0 Å². The number of likely N-dealkylation sites (tertiary alicyclic amines) is 2. The fourth-order valence-corrected chi connectivity index (χ4v) is 6.70. The second-order valence-corrected chi connectivity index (χ2v) is 12.3. The summed E-state index contributed by atoms with van der Waals surface area (Å²) in [6, 6.07) is 28.2. The summed E-state index contributed by atoms with van der Waals surface area (Å²) < 4.78 is 0. The molecule has 1 N–H and O–H groups in total. The van der Waals surface area contributed by atoms with Crippen molar-refractivity contribution in [2.24, 2.45) is 5.92 Å². The molecule has 5 nitrogen and oxygen atoms in total. The van der Waals surface area contributed by atoms with E-state index in [2.05, 4.69) is 24.3 Å². The molecule has 0 bridgehead atoms. The summed E-state index contributed by atoms with van der Waals surface area (Å²) in [6.07, 6.45) is 5.88. The maximum Gasteiger partial charge on any atom is 0.232 e. The van der Waals surface area contributed by atoms with Crippen molar-refractivity contribution in [2.45, 2.75) is 69.8 Å². The molecule has 216 valence electrons. The van der Waals surface area contributed by atoms with Crippen LogP contribution in [0.5, 0.6) is 0 Å². The van der Waals surface area contributed by atoms with Crippen molar-refractivity contribution >= 4 is 11.8 Å². The smallest absolute Gasteiger partial charge is 0.232 e. The summed E-state index contributed by atoms with van der Waals surface area (Å²) in [4.78, 5) is 30.1. The van der Waals surface area contributed by atoms with Gasteiger partial charge in [0.2, 0.25) is 11.8 Å². The van der Waals surface area contributed by atoms with Gasteiger partial charge in [-0.2, -0.15) is 0 Å². The molecule has 41 heavy (non-hydrogen) atoms. The van der Waals surface area contributed by atoms with Gasteiger partial charge in [-0.3, -0.25) is 9.59 Å². The third-order valence-corrected chi connectivity index (χ3v) is 9.33. The number of carbonyl (C=O) groups is 2. The minimum Gasteiger partial charge on any atom is -0.380 e. The maximum absolute atomic E-state index is 13.1. The van der Waals surface area contributed by atoms with Crippen LogP contribution in [0, 0.1) is 5.92 Å². The van der Waals surface area contributed by atoms with Gasteiger partial charge < -0.3 is 14.9 Å². The summed E-state index contributed by atoms with van der Waals surface area (Å²) in [7, 11) is 0. The second-order valence-electron chi connectivity index (χ2n) is 12.3. The van der Waals surface area contributed by atoms with Gasteiger partial charge in [0.05, 0.1) is 5.41 Å². The highest BCUT2D eigenvalue weighted by atomic mass is 16.3. The van der Waals surface area contributed by atoms with Gasteiger partial charge in [0.15, 0.2) is 0 Å². The molecule has 5 rings (SSSR count). The largest absolute Gasteiger partial charge is 0.380 e. The molecule has 2 fully saturated rings. The number of piperidine rings is 1. The Bertz CT molecular complexity index is 1250. The van der Waals surface area contributed by atoms with Crippen LogP contribution in [0.15, 0.2) is 84.9 Å². The third kappa shape index (κ3) is 6.25. The first-order valence-corrected chi connectivity index (χ1v) is 15.3. The van der Waals surface area contributed by atoms with Crippen molar-refractivity contribution in [3.63, 3.8) is 0 Å². The lowest BCUT2D eigenvalue weighted by Gasteiger charge is -2.42. The number of aliphatic hydroxyl groups is 1. The molecule has 0 aliphatic carbocycles. The van der Waals surface area contributed by atoms with Gasteiger partial charge in [-0.1, -0.05) is 84.9 Å². The number of hydrogen-bond donors (Lipinski definition) is 1. The molecule has 2 amide bonds. The van der Waals surface area contributed by atoms with Crippen molar-refractivity contribution < 1.29 is 14.7 Å². The quantitative estimate of drug-likeness (QED) is 0.350. The van der Waals surface area contributed by atoms with Crippen molar-refractivity contribution in [1.29, 1.82) is 0 Å². The first-order chi connectivity index (χ1) is 19.8. The first-order valence-electron chi connectivity index (χ1n) is 15.3. The Morgan fingerprint density at radius 3 is 1.80 bits per heavy atom. The summed E-state index contributed by atoms with van der Waals surface area (Å²) in [5, 5.41) is 12.1. The van der Waals surface area contributed by atoms with E-state index in [9.17, 15) is 14.7 Å². The normalized spacial score (nSPS) is 16.7. The van der Waals surface area contributed by atoms with Gasteiger partial charge in [0, 0.05) is 32.6 Å². The number of benzene rings is 3. The van der Waals surface area contributed by atoms with Crippen molar-refractivity contribution in [3.05, 3.63) is 107 Å². The fourth-order valence-electron chi connectivity index (χ4n) is 6.70. The molecule has 2 aliphatic rings. The van der Waals surface area contributed by atoms with Gasteiger partial charge in [-0.15, -0.1) is 0 Å². The van der Waals surface area contributed by atoms with Crippen LogP contribution >= 0.6 is 0 Å². The van der Waals surface area contributed by atoms with E-state index in [-0.39, 0.29) is 17.7 Å². The molecule has 0 saturated carbocycles. The Balaban J connectivity index is 1.13. The number of amides is 2. The Morgan fingerprint density at radius 2 is 1.27 bits per heavy atom. The summed E-state index contributed by atoms with van der Waals surface area (Å²) in [5.74, 6) is 0.444. The molecular formula is C36H44N2O3. The first kappa shape index (κ1) is 29.1. The number of rotatable bonds is 9. The maximum atomic E-state index is 13.1. The fraction of sp³-hybridized carbons (Fsp3) is 0.444. The van der Waals surface area contributed by atoms with Gasteiger partial charge >= 0.3 is 0 Å². The van der Waals surface area contributed by atoms with E-state index in [1.165, 1.54) is 5.56 Å². The van der Waals surface area contributed by atoms with Crippen LogP contribution in [0.3, 0.4) is 0 Å². The minimum atomic E-state index is -1.07. The number of carbonyl (C=O) groups excluding carboxylic acids is 2. The lowest BCUT2D eigenvalue weighted by atomic mass is 9.72. The number of aryl methyl sites for hydroxylation is 1. The Hall–Kier alpha value is -3.44. The highest BCUT2D eigenvalue weighted by Crippen LogP contribution is 2.42. The molecule has 0 unspecified atom stereocenters. The van der Waals surface area contributed by atoms with Crippen molar-refractivity contribution in [3.8, 4) is 0 Å². The molecular weight excluding hydrogens is 508 g/mol. The van der Waals surface area contributed by atoms with Crippen LogP contribution in [0.25, 0.3) is 0 Å². The Kier molecular flexibility index (Phi) is 8.94. The van der Waals surface area contributed by atoms with Gasteiger partial charge in [-0.25, -0.2) is 0 Å². The molecule has 2 saturated heterocycles. The third-order valence-electron chi connectivity index (χ3n) is 9.33. The highest BCUT2D eigenvalue weighted by molar-refractivity contribution is 5.87. The van der Waals surface area contributed by atoms with Gasteiger partial charge in [0.1, 0.15) is 5.60 Å². The van der Waals surface area contributed by atoms with E-state index < -0.39 is 11.0 Å². The molecule has 3 aromatic carbocycles. The van der Waals surface area contributed by atoms with E-state index in [0.717, 1.165) is 68.3 Å². The van der Waals surface area contributed by atoms with E-state index >= 15 is 0 Å². The average Bonchev–Trinajstić information content (AvgIpc) is 3.56. The standard InChI is InChI=1S/C36H44N2O3/c1-35(2,34(40)38-24-9-10-25-38)29-20-18-28(19-21-29)12-11-17-33(39)37-26-22-32(23-27-37)36(41,30-13-5-3-6-14-30)31-15-7-4-8-16-31/h3-8,13-16,18-21,32,41H,9-12,17,22-27H2,1-2H3. The zero-order chi connectivity index (χ0) is 28.9. The van der Waals surface area contributed by atoms with Gasteiger partial charge in [-0.05, 0) is 80.5 Å². The molecule has 5 heteroatoms. The predicted molar refractivity (Wildman–Crippen MR) is 163 cm³/mol. The summed E-state index contributed by atoms with van der Waals surface area (Å²) in [6.45, 7) is 7.11. The van der Waals surface area contributed by atoms with E-state index in [1.807, 2.05) is 84.3 Å². The average molecular weight is 553 g/mol. The van der Waals surface area contributed by atoms with E-state index in [1.54, 1.807) is 0 Å². The van der Waals surface area contributed by atoms with Crippen LogP contribution in [0.4, 0.5) is 0 Å². The lowest BCUT2D eigenvalue weighted by Crippen LogP contribution is -2.46.